The molecule has 4 rings (SSSR count). The highest BCUT2D eigenvalue weighted by Gasteiger charge is 2.41. The summed E-state index contributed by atoms with van der Waals surface area (Å²) in [4.78, 5) is 11.6. The van der Waals surface area contributed by atoms with Gasteiger partial charge in [0.2, 0.25) is 5.69 Å². The van der Waals surface area contributed by atoms with Gasteiger partial charge in [-0.1, -0.05) is 60.7 Å². The summed E-state index contributed by atoms with van der Waals surface area (Å²) in [5, 5.41) is 3.89. The molecule has 0 bridgehead atoms. The van der Waals surface area contributed by atoms with Crippen LogP contribution in [0.1, 0.15) is 21.6 Å². The van der Waals surface area contributed by atoms with E-state index in [1.165, 1.54) is 23.9 Å². The Labute approximate surface area is 188 Å². The molecule has 0 fully saturated rings. The van der Waals surface area contributed by atoms with Crippen LogP contribution in [0.3, 0.4) is 0 Å². The van der Waals surface area contributed by atoms with Crippen LogP contribution in [-0.2, 0) is 17.5 Å². The molecule has 168 valence electrons. The van der Waals surface area contributed by atoms with Gasteiger partial charge in [-0.05, 0) is 29.8 Å². The standard InChI is InChI=1S/C25H19F3N2O3/c1-32-24(31)19-14-12-17(13-15-19)16-33-22-21(18-8-4-2-5-9-18)30(20-10-6-3-7-11-20)29-23(22)25(26,27)28/h2-15H,16H2,1H3. The molecule has 0 aliphatic carbocycles. The third kappa shape index (κ3) is 4.74. The van der Waals surface area contributed by atoms with Crippen LogP contribution in [0.5, 0.6) is 5.75 Å². The SMILES string of the molecule is COC(=O)c1ccc(COc2c(C(F)(F)F)nn(-c3ccccc3)c2-c2ccccc2)cc1. The van der Waals surface area contributed by atoms with E-state index in [-0.39, 0.29) is 18.1 Å². The summed E-state index contributed by atoms with van der Waals surface area (Å²) in [6.45, 7) is -0.148. The van der Waals surface area contributed by atoms with E-state index in [2.05, 4.69) is 9.84 Å². The molecule has 0 saturated carbocycles. The van der Waals surface area contributed by atoms with Gasteiger partial charge in [0.15, 0.2) is 5.75 Å². The number of hydrogen-bond acceptors (Lipinski definition) is 4. The fraction of sp³-hybridized carbons (Fsp3) is 0.120. The van der Waals surface area contributed by atoms with Crippen molar-refractivity contribution in [2.45, 2.75) is 12.8 Å². The molecule has 4 aromatic rings. The number of esters is 1. The van der Waals surface area contributed by atoms with Gasteiger partial charge in [-0.3, -0.25) is 0 Å². The molecule has 0 N–H and O–H groups in total. The Hall–Kier alpha value is -4.07. The van der Waals surface area contributed by atoms with Crippen molar-refractivity contribution < 1.29 is 27.4 Å². The molecule has 0 aliphatic heterocycles. The van der Waals surface area contributed by atoms with Gasteiger partial charge in [0.1, 0.15) is 12.3 Å². The summed E-state index contributed by atoms with van der Waals surface area (Å²) < 4.78 is 53.6. The number of nitrogens with zero attached hydrogens (tertiary/aromatic N) is 2. The predicted octanol–water partition coefficient (Wildman–Crippen LogP) is 5.92. The summed E-state index contributed by atoms with van der Waals surface area (Å²) in [6.07, 6.45) is -4.73. The number of aromatic nitrogens is 2. The van der Waals surface area contributed by atoms with Crippen LogP contribution in [0.15, 0.2) is 84.9 Å². The normalized spacial score (nSPS) is 11.3. The topological polar surface area (TPSA) is 53.4 Å². The molecule has 0 amide bonds. The molecule has 5 nitrogen and oxygen atoms in total. The molecule has 0 unspecified atom stereocenters. The number of methoxy groups -OCH3 is 1. The number of carbonyl (C=O) groups is 1. The van der Waals surface area contributed by atoms with Gasteiger partial charge in [0.05, 0.1) is 18.4 Å². The lowest BCUT2D eigenvalue weighted by Gasteiger charge is -2.12. The monoisotopic (exact) mass is 452 g/mol. The molecular weight excluding hydrogens is 433 g/mol. The average molecular weight is 452 g/mol. The van der Waals surface area contributed by atoms with Gasteiger partial charge in [-0.2, -0.15) is 18.3 Å². The molecule has 1 aromatic heterocycles. The van der Waals surface area contributed by atoms with E-state index in [0.29, 0.717) is 22.4 Å². The first-order valence-corrected chi connectivity index (χ1v) is 9.99. The smallest absolute Gasteiger partial charge is 0.438 e. The fourth-order valence-corrected chi connectivity index (χ4v) is 3.34. The van der Waals surface area contributed by atoms with Gasteiger partial charge >= 0.3 is 12.1 Å². The Kier molecular flexibility index (Phi) is 6.17. The Balaban J connectivity index is 1.79. The summed E-state index contributed by atoms with van der Waals surface area (Å²) in [7, 11) is 1.27. The van der Waals surface area contributed by atoms with Crippen molar-refractivity contribution in [3.63, 3.8) is 0 Å². The third-order valence-electron chi connectivity index (χ3n) is 4.92. The highest BCUT2D eigenvalue weighted by molar-refractivity contribution is 5.89. The number of ether oxygens (including phenoxy) is 2. The lowest BCUT2D eigenvalue weighted by Crippen LogP contribution is -2.09. The number of para-hydroxylation sites is 1. The summed E-state index contributed by atoms with van der Waals surface area (Å²) in [5.74, 6) is -0.869. The zero-order valence-electron chi connectivity index (χ0n) is 17.5. The van der Waals surface area contributed by atoms with E-state index in [4.69, 9.17) is 4.74 Å². The minimum atomic E-state index is -4.73. The minimum absolute atomic E-state index is 0.148. The number of benzene rings is 3. The van der Waals surface area contributed by atoms with Crippen LogP contribution in [0.2, 0.25) is 0 Å². The van der Waals surface area contributed by atoms with E-state index < -0.39 is 17.8 Å². The van der Waals surface area contributed by atoms with Crippen LogP contribution < -0.4 is 4.74 Å². The number of carbonyl (C=O) groups excluding carboxylic acids is 1. The maximum absolute atomic E-state index is 14.0. The van der Waals surface area contributed by atoms with Crippen molar-refractivity contribution >= 4 is 5.97 Å². The second-order valence-electron chi connectivity index (χ2n) is 7.11. The van der Waals surface area contributed by atoms with Gasteiger partial charge < -0.3 is 9.47 Å². The Morgan fingerprint density at radius 1 is 0.909 bits per heavy atom. The number of hydrogen-bond donors (Lipinski definition) is 0. The highest BCUT2D eigenvalue weighted by atomic mass is 19.4. The largest absolute Gasteiger partial charge is 0.484 e. The van der Waals surface area contributed by atoms with Crippen molar-refractivity contribution in [2.24, 2.45) is 0 Å². The van der Waals surface area contributed by atoms with Crippen LogP contribution in [-0.4, -0.2) is 22.9 Å². The molecule has 0 atom stereocenters. The molecule has 0 spiro atoms. The summed E-state index contributed by atoms with van der Waals surface area (Å²) in [5.41, 5.74) is 0.998. The average Bonchev–Trinajstić information content (AvgIpc) is 3.24. The molecule has 0 saturated heterocycles. The first-order chi connectivity index (χ1) is 15.9. The van der Waals surface area contributed by atoms with Gasteiger partial charge in [0.25, 0.3) is 0 Å². The Morgan fingerprint density at radius 3 is 2.09 bits per heavy atom. The van der Waals surface area contributed by atoms with E-state index in [0.717, 1.165) is 0 Å². The Morgan fingerprint density at radius 2 is 1.52 bits per heavy atom. The molecule has 3 aromatic carbocycles. The summed E-state index contributed by atoms with van der Waals surface area (Å²) in [6, 6.07) is 23.5. The van der Waals surface area contributed by atoms with Crippen LogP contribution >= 0.6 is 0 Å². The van der Waals surface area contributed by atoms with Gasteiger partial charge in [0, 0.05) is 5.56 Å². The molecular formula is C25H19F3N2O3. The first kappa shape index (κ1) is 22.1. The number of rotatable bonds is 6. The van der Waals surface area contributed by atoms with Crippen LogP contribution in [0, 0.1) is 0 Å². The van der Waals surface area contributed by atoms with E-state index in [1.807, 2.05) is 0 Å². The number of alkyl halides is 3. The van der Waals surface area contributed by atoms with Crippen molar-refractivity contribution in [1.82, 2.24) is 9.78 Å². The molecule has 8 heteroatoms. The molecule has 0 aliphatic rings. The van der Waals surface area contributed by atoms with E-state index in [1.54, 1.807) is 72.8 Å². The maximum atomic E-state index is 14.0. The fourth-order valence-electron chi connectivity index (χ4n) is 3.34. The van der Waals surface area contributed by atoms with Crippen molar-refractivity contribution in [3.8, 4) is 22.7 Å². The minimum Gasteiger partial charge on any atom is -0.484 e. The van der Waals surface area contributed by atoms with Crippen LogP contribution in [0.4, 0.5) is 13.2 Å². The lowest BCUT2D eigenvalue weighted by molar-refractivity contribution is -0.142. The molecule has 0 radical (unpaired) electrons. The van der Waals surface area contributed by atoms with Crippen molar-refractivity contribution in [2.75, 3.05) is 7.11 Å². The lowest BCUT2D eigenvalue weighted by atomic mass is 10.1. The van der Waals surface area contributed by atoms with Crippen molar-refractivity contribution in [1.29, 1.82) is 0 Å². The molecule has 1 heterocycles. The van der Waals surface area contributed by atoms with Crippen LogP contribution in [0.25, 0.3) is 16.9 Å². The van der Waals surface area contributed by atoms with Gasteiger partial charge in [-0.15, -0.1) is 0 Å². The van der Waals surface area contributed by atoms with Gasteiger partial charge in [-0.25, -0.2) is 9.48 Å². The third-order valence-corrected chi connectivity index (χ3v) is 4.92. The summed E-state index contributed by atoms with van der Waals surface area (Å²) >= 11 is 0. The number of halogens is 3. The molecule has 33 heavy (non-hydrogen) atoms. The second-order valence-corrected chi connectivity index (χ2v) is 7.11. The quantitative estimate of drug-likeness (QED) is 0.341. The van der Waals surface area contributed by atoms with E-state index in [9.17, 15) is 18.0 Å². The zero-order chi connectivity index (χ0) is 23.4. The van der Waals surface area contributed by atoms with Crippen molar-refractivity contribution in [3.05, 3.63) is 102 Å². The maximum Gasteiger partial charge on any atom is 0.438 e. The Bertz CT molecular complexity index is 1240. The zero-order valence-corrected chi connectivity index (χ0v) is 17.5. The highest BCUT2D eigenvalue weighted by Crippen LogP contribution is 2.43. The first-order valence-electron chi connectivity index (χ1n) is 9.99. The van der Waals surface area contributed by atoms with E-state index >= 15 is 0 Å². The predicted molar refractivity (Wildman–Crippen MR) is 116 cm³/mol. The second kappa shape index (κ2) is 9.20.